The van der Waals surface area contributed by atoms with Crippen molar-refractivity contribution < 1.29 is 14.7 Å². The second kappa shape index (κ2) is 6.36. The number of rotatable bonds is 5. The van der Waals surface area contributed by atoms with Gasteiger partial charge in [-0.2, -0.15) is 0 Å². The number of hydrogen-bond acceptors (Lipinski definition) is 3. The van der Waals surface area contributed by atoms with Crippen LogP contribution < -0.4 is 10.9 Å². The molecule has 1 rings (SSSR count). The number of carboxylic acids is 1. The maximum absolute atomic E-state index is 11.8. The van der Waals surface area contributed by atoms with Crippen LogP contribution in [0, 0.1) is 11.3 Å². The van der Waals surface area contributed by atoms with Crippen LogP contribution >= 0.6 is 0 Å². The highest BCUT2D eigenvalue weighted by molar-refractivity contribution is 5.94. The van der Waals surface area contributed by atoms with Crippen LogP contribution in [0.3, 0.4) is 0 Å². The summed E-state index contributed by atoms with van der Waals surface area (Å²) < 4.78 is 0. The lowest BCUT2D eigenvalue weighted by molar-refractivity contribution is -0.142. The molecule has 3 N–H and O–H groups in total. The van der Waals surface area contributed by atoms with Gasteiger partial charge in [0.15, 0.2) is 0 Å². The first-order valence-electron chi connectivity index (χ1n) is 6.39. The molecule has 1 amide bonds. The van der Waals surface area contributed by atoms with E-state index in [4.69, 9.17) is 5.11 Å². The highest BCUT2D eigenvalue weighted by atomic mass is 16.4. The van der Waals surface area contributed by atoms with Gasteiger partial charge >= 0.3 is 5.97 Å². The average molecular weight is 280 g/mol. The maximum atomic E-state index is 11.8. The number of carboxylic acid groups (broad SMARTS) is 1. The van der Waals surface area contributed by atoms with E-state index in [2.05, 4.69) is 10.3 Å². The molecular weight excluding hydrogens is 260 g/mol. The van der Waals surface area contributed by atoms with E-state index >= 15 is 0 Å². The first-order chi connectivity index (χ1) is 9.19. The van der Waals surface area contributed by atoms with Crippen molar-refractivity contribution >= 4 is 11.9 Å². The van der Waals surface area contributed by atoms with Crippen LogP contribution in [0.1, 0.15) is 37.6 Å². The minimum absolute atomic E-state index is 0.0601. The number of aromatic nitrogens is 1. The zero-order valence-electron chi connectivity index (χ0n) is 11.9. The van der Waals surface area contributed by atoms with Gasteiger partial charge in [0, 0.05) is 18.8 Å². The molecule has 0 radical (unpaired) electrons. The lowest BCUT2D eigenvalue weighted by Crippen LogP contribution is -2.35. The summed E-state index contributed by atoms with van der Waals surface area (Å²) in [4.78, 5) is 36.3. The van der Waals surface area contributed by atoms with Crippen molar-refractivity contribution in [1.29, 1.82) is 0 Å². The van der Waals surface area contributed by atoms with Gasteiger partial charge in [-0.1, -0.05) is 20.8 Å². The first-order valence-corrected chi connectivity index (χ1v) is 6.39. The molecule has 0 saturated heterocycles. The van der Waals surface area contributed by atoms with Crippen molar-refractivity contribution in [2.45, 2.75) is 27.2 Å². The second-order valence-electron chi connectivity index (χ2n) is 5.95. The number of nitrogens with one attached hydrogen (secondary N) is 2. The summed E-state index contributed by atoms with van der Waals surface area (Å²) in [6, 6.07) is 2.65. The van der Waals surface area contributed by atoms with E-state index in [0.717, 1.165) is 0 Å². The van der Waals surface area contributed by atoms with Crippen molar-refractivity contribution in [2.24, 2.45) is 11.3 Å². The summed E-state index contributed by atoms with van der Waals surface area (Å²) in [6.45, 7) is 5.91. The van der Waals surface area contributed by atoms with Gasteiger partial charge in [0.1, 0.15) is 0 Å². The summed E-state index contributed by atoms with van der Waals surface area (Å²) in [6.07, 6.45) is 1.77. The molecule has 6 heteroatoms. The van der Waals surface area contributed by atoms with Gasteiger partial charge in [0.25, 0.3) is 5.91 Å². The van der Waals surface area contributed by atoms with E-state index in [1.165, 1.54) is 18.3 Å². The quantitative estimate of drug-likeness (QED) is 0.755. The fourth-order valence-corrected chi connectivity index (χ4v) is 1.86. The Morgan fingerprint density at radius 1 is 1.35 bits per heavy atom. The molecule has 0 bridgehead atoms. The lowest BCUT2D eigenvalue weighted by atomic mass is 9.84. The fraction of sp³-hybridized carbons (Fsp3) is 0.500. The topological polar surface area (TPSA) is 99.3 Å². The number of carbonyl (C=O) groups excluding carboxylic acids is 1. The molecule has 110 valence electrons. The van der Waals surface area contributed by atoms with E-state index < -0.39 is 17.8 Å². The van der Waals surface area contributed by atoms with Crippen LogP contribution in [0.4, 0.5) is 0 Å². The van der Waals surface area contributed by atoms with Gasteiger partial charge in [-0.3, -0.25) is 14.4 Å². The largest absolute Gasteiger partial charge is 0.481 e. The summed E-state index contributed by atoms with van der Waals surface area (Å²) in [7, 11) is 0. The standard InChI is InChI=1S/C14H20N2O4/c1-14(2,3)6-10(13(19)20)8-16-12(18)9-4-5-11(17)15-7-9/h4-5,7,10H,6,8H2,1-3H3,(H,15,17)(H,16,18)(H,19,20). The Balaban J connectivity index is 2.63. The van der Waals surface area contributed by atoms with Crippen molar-refractivity contribution in [3.8, 4) is 0 Å². The Hall–Kier alpha value is -2.11. The molecule has 0 aliphatic rings. The zero-order chi connectivity index (χ0) is 15.3. The summed E-state index contributed by atoms with van der Waals surface area (Å²) in [5.74, 6) is -1.97. The summed E-state index contributed by atoms with van der Waals surface area (Å²) in [5.41, 5.74) is -0.131. The molecule has 0 aliphatic heterocycles. The number of amides is 1. The summed E-state index contributed by atoms with van der Waals surface area (Å²) >= 11 is 0. The number of aliphatic carboxylic acids is 1. The number of H-pyrrole nitrogens is 1. The normalized spacial score (nSPS) is 12.8. The third-order valence-corrected chi connectivity index (χ3v) is 2.76. The van der Waals surface area contributed by atoms with Crippen molar-refractivity contribution in [1.82, 2.24) is 10.3 Å². The Labute approximate surface area is 117 Å². The minimum Gasteiger partial charge on any atom is -0.481 e. The van der Waals surface area contributed by atoms with Gasteiger partial charge < -0.3 is 15.4 Å². The number of hydrogen-bond donors (Lipinski definition) is 3. The van der Waals surface area contributed by atoms with Crippen molar-refractivity contribution in [3.05, 3.63) is 34.2 Å². The molecule has 0 aromatic carbocycles. The van der Waals surface area contributed by atoms with E-state index in [-0.39, 0.29) is 17.5 Å². The molecule has 1 heterocycles. The van der Waals surface area contributed by atoms with E-state index in [9.17, 15) is 14.4 Å². The van der Waals surface area contributed by atoms with Crippen LogP contribution in [0.5, 0.6) is 0 Å². The number of carbonyl (C=O) groups is 2. The average Bonchev–Trinajstić information content (AvgIpc) is 2.33. The van der Waals surface area contributed by atoms with Crippen LogP contribution in [0.2, 0.25) is 0 Å². The third kappa shape index (κ3) is 5.26. The number of pyridine rings is 1. The van der Waals surface area contributed by atoms with Gasteiger partial charge in [0.2, 0.25) is 5.56 Å². The van der Waals surface area contributed by atoms with Gasteiger partial charge in [-0.15, -0.1) is 0 Å². The second-order valence-corrected chi connectivity index (χ2v) is 5.95. The maximum Gasteiger partial charge on any atom is 0.308 e. The Morgan fingerprint density at radius 3 is 2.45 bits per heavy atom. The van der Waals surface area contributed by atoms with E-state index in [0.29, 0.717) is 12.0 Å². The minimum atomic E-state index is -0.929. The number of aromatic amines is 1. The van der Waals surface area contributed by atoms with Gasteiger partial charge in [-0.05, 0) is 17.9 Å². The Bertz CT molecular complexity index is 522. The molecule has 0 fully saturated rings. The van der Waals surface area contributed by atoms with E-state index in [1.54, 1.807) is 0 Å². The molecule has 0 saturated carbocycles. The Kier molecular flexibility index (Phi) is 5.07. The fourth-order valence-electron chi connectivity index (χ4n) is 1.86. The lowest BCUT2D eigenvalue weighted by Gasteiger charge is -2.23. The molecule has 20 heavy (non-hydrogen) atoms. The smallest absolute Gasteiger partial charge is 0.308 e. The molecule has 1 aromatic heterocycles. The highest BCUT2D eigenvalue weighted by Crippen LogP contribution is 2.24. The predicted octanol–water partition coefficient (Wildman–Crippen LogP) is 1.24. The van der Waals surface area contributed by atoms with Crippen LogP contribution in [0.15, 0.2) is 23.1 Å². The SMILES string of the molecule is CC(C)(C)CC(CNC(=O)c1ccc(=O)[nH]c1)C(=O)O. The van der Waals surface area contributed by atoms with Crippen molar-refractivity contribution in [3.63, 3.8) is 0 Å². The molecule has 1 atom stereocenters. The molecule has 1 aromatic rings. The molecule has 1 unspecified atom stereocenters. The molecule has 6 nitrogen and oxygen atoms in total. The highest BCUT2D eigenvalue weighted by Gasteiger charge is 2.25. The molecule has 0 spiro atoms. The Morgan fingerprint density at radius 2 is 2.00 bits per heavy atom. The zero-order valence-corrected chi connectivity index (χ0v) is 11.9. The monoisotopic (exact) mass is 280 g/mol. The first kappa shape index (κ1) is 15.9. The van der Waals surface area contributed by atoms with Crippen LogP contribution in [-0.2, 0) is 4.79 Å². The van der Waals surface area contributed by atoms with Crippen molar-refractivity contribution in [2.75, 3.05) is 6.54 Å². The molecule has 0 aliphatic carbocycles. The van der Waals surface area contributed by atoms with Gasteiger partial charge in [-0.25, -0.2) is 0 Å². The van der Waals surface area contributed by atoms with Gasteiger partial charge in [0.05, 0.1) is 11.5 Å². The van der Waals surface area contributed by atoms with Crippen LogP contribution in [0.25, 0.3) is 0 Å². The summed E-state index contributed by atoms with van der Waals surface area (Å²) in [5, 5.41) is 11.7. The molecular formula is C14H20N2O4. The predicted molar refractivity (Wildman–Crippen MR) is 74.6 cm³/mol. The third-order valence-electron chi connectivity index (χ3n) is 2.76. The van der Waals surface area contributed by atoms with Crippen LogP contribution in [-0.4, -0.2) is 28.5 Å². The van der Waals surface area contributed by atoms with E-state index in [1.807, 2.05) is 20.8 Å².